The van der Waals surface area contributed by atoms with Crippen LogP contribution in [0.25, 0.3) is 0 Å². The molecular formula is C21H26N2O5. The molecule has 1 aliphatic carbocycles. The van der Waals surface area contributed by atoms with Crippen molar-refractivity contribution in [2.24, 2.45) is 5.92 Å². The summed E-state index contributed by atoms with van der Waals surface area (Å²) in [6.45, 7) is 1.75. The summed E-state index contributed by atoms with van der Waals surface area (Å²) < 4.78 is 10.7. The second-order valence-corrected chi connectivity index (χ2v) is 7.00. The summed E-state index contributed by atoms with van der Waals surface area (Å²) in [5.74, 6) is -0.935. The minimum atomic E-state index is -0.669. The van der Waals surface area contributed by atoms with E-state index in [1.807, 2.05) is 30.3 Å². The number of hydrogen-bond acceptors (Lipinski definition) is 5. The van der Waals surface area contributed by atoms with Gasteiger partial charge in [-0.3, -0.25) is 4.79 Å². The number of esters is 2. The van der Waals surface area contributed by atoms with Gasteiger partial charge in [-0.2, -0.15) is 0 Å². The minimum Gasteiger partial charge on any atom is -0.463 e. The predicted molar refractivity (Wildman–Crippen MR) is 102 cm³/mol. The Hall–Kier alpha value is -2.83. The van der Waals surface area contributed by atoms with Crippen LogP contribution >= 0.6 is 0 Å². The zero-order chi connectivity index (χ0) is 19.9. The van der Waals surface area contributed by atoms with Gasteiger partial charge in [0.05, 0.1) is 29.8 Å². The molecule has 1 aromatic carbocycles. The molecule has 1 saturated carbocycles. The van der Waals surface area contributed by atoms with Crippen LogP contribution in [0.4, 0.5) is 4.79 Å². The van der Waals surface area contributed by atoms with Crippen molar-refractivity contribution in [2.75, 3.05) is 13.2 Å². The van der Waals surface area contributed by atoms with Crippen LogP contribution in [0.1, 0.15) is 50.6 Å². The van der Waals surface area contributed by atoms with E-state index in [-0.39, 0.29) is 36.4 Å². The number of carbonyl (C=O) groups is 3. The summed E-state index contributed by atoms with van der Waals surface area (Å²) in [6.07, 6.45) is 4.83. The zero-order valence-electron chi connectivity index (χ0n) is 16.0. The molecule has 1 unspecified atom stereocenters. The Morgan fingerprint density at radius 1 is 1.07 bits per heavy atom. The molecule has 1 atom stereocenters. The van der Waals surface area contributed by atoms with Gasteiger partial charge in [-0.15, -0.1) is 0 Å². The van der Waals surface area contributed by atoms with Crippen molar-refractivity contribution in [3.63, 3.8) is 0 Å². The number of rotatable bonds is 6. The van der Waals surface area contributed by atoms with Crippen LogP contribution < -0.4 is 10.6 Å². The molecule has 1 aromatic rings. The Morgan fingerprint density at radius 2 is 1.79 bits per heavy atom. The Labute approximate surface area is 164 Å². The highest BCUT2D eigenvalue weighted by molar-refractivity contribution is 5.95. The van der Waals surface area contributed by atoms with Crippen LogP contribution in [0, 0.1) is 5.92 Å². The number of amides is 2. The first-order chi connectivity index (χ1) is 13.6. The van der Waals surface area contributed by atoms with Crippen LogP contribution in [0.2, 0.25) is 0 Å². The van der Waals surface area contributed by atoms with E-state index in [1.54, 1.807) is 6.92 Å². The second-order valence-electron chi connectivity index (χ2n) is 7.00. The van der Waals surface area contributed by atoms with E-state index in [0.29, 0.717) is 0 Å². The van der Waals surface area contributed by atoms with Crippen molar-refractivity contribution in [1.82, 2.24) is 10.6 Å². The van der Waals surface area contributed by atoms with E-state index in [4.69, 9.17) is 9.47 Å². The summed E-state index contributed by atoms with van der Waals surface area (Å²) in [5.41, 5.74) is 1.26. The summed E-state index contributed by atoms with van der Waals surface area (Å²) in [5, 5.41) is 5.37. The van der Waals surface area contributed by atoms with Crippen LogP contribution in [-0.4, -0.2) is 31.2 Å². The molecule has 28 heavy (non-hydrogen) atoms. The number of ether oxygens (including phenoxy) is 2. The lowest BCUT2D eigenvalue weighted by atomic mass is 9.89. The highest BCUT2D eigenvalue weighted by Crippen LogP contribution is 2.29. The standard InChI is InChI=1S/C21H26N2O5/c1-2-27-20(25)17-16(13-28-19(24)15-11-7-4-8-12-15)22-21(26)23-18(17)14-9-5-3-6-10-14/h3,5-6,9-10,15,18H,2,4,7-8,11-13H2,1H3,(H2,22,23,26). The number of carbonyl (C=O) groups excluding carboxylic acids is 3. The molecule has 7 heteroatoms. The fourth-order valence-electron chi connectivity index (χ4n) is 3.68. The molecule has 0 spiro atoms. The first-order valence-electron chi connectivity index (χ1n) is 9.79. The second kappa shape index (κ2) is 9.39. The van der Waals surface area contributed by atoms with Crippen LogP contribution in [0.3, 0.4) is 0 Å². The molecule has 2 amide bonds. The van der Waals surface area contributed by atoms with Crippen molar-refractivity contribution in [3.8, 4) is 0 Å². The van der Waals surface area contributed by atoms with Gasteiger partial charge in [0.15, 0.2) is 0 Å². The largest absolute Gasteiger partial charge is 0.463 e. The monoisotopic (exact) mass is 386 g/mol. The minimum absolute atomic E-state index is 0.109. The molecule has 0 radical (unpaired) electrons. The Balaban J connectivity index is 1.84. The highest BCUT2D eigenvalue weighted by atomic mass is 16.5. The lowest BCUT2D eigenvalue weighted by Gasteiger charge is -2.29. The van der Waals surface area contributed by atoms with Gasteiger partial charge < -0.3 is 20.1 Å². The normalized spacial score (nSPS) is 20.2. The SMILES string of the molecule is CCOC(=O)C1=C(COC(=O)C2CCCCC2)NC(=O)NC1c1ccccc1. The van der Waals surface area contributed by atoms with E-state index in [1.165, 1.54) is 0 Å². The van der Waals surface area contributed by atoms with E-state index >= 15 is 0 Å². The molecule has 0 aromatic heterocycles. The summed E-state index contributed by atoms with van der Waals surface area (Å²) in [6, 6.07) is 8.03. The third kappa shape index (κ3) is 4.71. The van der Waals surface area contributed by atoms with Gasteiger partial charge >= 0.3 is 18.0 Å². The molecule has 0 saturated heterocycles. The maximum absolute atomic E-state index is 12.6. The Morgan fingerprint density at radius 3 is 2.46 bits per heavy atom. The number of nitrogens with one attached hydrogen (secondary N) is 2. The quantitative estimate of drug-likeness (QED) is 0.733. The van der Waals surface area contributed by atoms with Gasteiger partial charge in [0.1, 0.15) is 6.61 Å². The Bertz CT molecular complexity index is 753. The van der Waals surface area contributed by atoms with Gasteiger partial charge in [-0.1, -0.05) is 49.6 Å². The fraction of sp³-hybridized carbons (Fsp3) is 0.476. The van der Waals surface area contributed by atoms with Crippen LogP contribution in [0.5, 0.6) is 0 Å². The molecule has 2 N–H and O–H groups in total. The lowest BCUT2D eigenvalue weighted by Crippen LogP contribution is -2.47. The van der Waals surface area contributed by atoms with Crippen molar-refractivity contribution in [2.45, 2.75) is 45.1 Å². The van der Waals surface area contributed by atoms with Gasteiger partial charge in [0.25, 0.3) is 0 Å². The Kier molecular flexibility index (Phi) is 6.68. The first kappa shape index (κ1) is 19.9. The number of benzene rings is 1. The number of urea groups is 1. The molecule has 1 heterocycles. The van der Waals surface area contributed by atoms with Gasteiger partial charge in [-0.25, -0.2) is 9.59 Å². The van der Waals surface area contributed by atoms with Crippen LogP contribution in [-0.2, 0) is 19.1 Å². The van der Waals surface area contributed by atoms with E-state index in [2.05, 4.69) is 10.6 Å². The van der Waals surface area contributed by atoms with Crippen molar-refractivity contribution < 1.29 is 23.9 Å². The van der Waals surface area contributed by atoms with E-state index in [9.17, 15) is 14.4 Å². The summed E-state index contributed by atoms with van der Waals surface area (Å²) >= 11 is 0. The van der Waals surface area contributed by atoms with Gasteiger partial charge in [-0.05, 0) is 25.3 Å². The summed E-state index contributed by atoms with van der Waals surface area (Å²) in [7, 11) is 0. The maximum atomic E-state index is 12.6. The van der Waals surface area contributed by atoms with Gasteiger partial charge in [0, 0.05) is 0 Å². The molecule has 150 valence electrons. The topological polar surface area (TPSA) is 93.7 Å². The molecule has 1 fully saturated rings. The fourth-order valence-corrected chi connectivity index (χ4v) is 3.68. The maximum Gasteiger partial charge on any atom is 0.338 e. The molecule has 3 rings (SSSR count). The zero-order valence-corrected chi connectivity index (χ0v) is 16.0. The third-order valence-corrected chi connectivity index (χ3v) is 5.08. The molecule has 0 bridgehead atoms. The molecule has 7 nitrogen and oxygen atoms in total. The average Bonchev–Trinajstić information content (AvgIpc) is 2.73. The molecule has 2 aliphatic rings. The average molecular weight is 386 g/mol. The van der Waals surface area contributed by atoms with Crippen molar-refractivity contribution in [1.29, 1.82) is 0 Å². The van der Waals surface area contributed by atoms with E-state index < -0.39 is 18.0 Å². The van der Waals surface area contributed by atoms with Crippen molar-refractivity contribution in [3.05, 3.63) is 47.2 Å². The number of hydrogen-bond donors (Lipinski definition) is 2. The molecule has 1 aliphatic heterocycles. The predicted octanol–water partition coefficient (Wildman–Crippen LogP) is 2.98. The first-order valence-corrected chi connectivity index (χ1v) is 9.79. The third-order valence-electron chi connectivity index (χ3n) is 5.08. The van der Waals surface area contributed by atoms with Gasteiger partial charge in [0.2, 0.25) is 0 Å². The van der Waals surface area contributed by atoms with Crippen LogP contribution in [0.15, 0.2) is 41.6 Å². The smallest absolute Gasteiger partial charge is 0.338 e. The highest BCUT2D eigenvalue weighted by Gasteiger charge is 2.34. The molecular weight excluding hydrogens is 360 g/mol. The lowest BCUT2D eigenvalue weighted by molar-refractivity contribution is -0.149. The van der Waals surface area contributed by atoms with Crippen molar-refractivity contribution >= 4 is 18.0 Å². The summed E-state index contributed by atoms with van der Waals surface area (Å²) in [4.78, 5) is 37.2. The van der Waals surface area contributed by atoms with E-state index in [0.717, 1.165) is 37.7 Å².